The van der Waals surface area contributed by atoms with E-state index in [4.69, 9.17) is 0 Å². The standard InChI is InChI=1S/C11H19N3OS/c1-7(5-11(15)12-4)13-6-10-8(2)16-9(3)14-10/h7,13H,5-6H2,1-4H3,(H,12,15). The fourth-order valence-electron chi connectivity index (χ4n) is 1.46. The average Bonchev–Trinajstić information content (AvgIpc) is 2.54. The predicted molar refractivity (Wildman–Crippen MR) is 66.6 cm³/mol. The maximum Gasteiger partial charge on any atom is 0.221 e. The molecule has 0 bridgehead atoms. The van der Waals surface area contributed by atoms with Gasteiger partial charge in [-0.2, -0.15) is 0 Å². The summed E-state index contributed by atoms with van der Waals surface area (Å²) in [5.74, 6) is 0.0613. The molecule has 0 radical (unpaired) electrons. The van der Waals surface area contributed by atoms with Gasteiger partial charge in [-0.25, -0.2) is 4.98 Å². The second kappa shape index (κ2) is 5.96. The predicted octanol–water partition coefficient (Wildman–Crippen LogP) is 1.37. The van der Waals surface area contributed by atoms with Crippen LogP contribution in [-0.4, -0.2) is 24.0 Å². The highest BCUT2D eigenvalue weighted by Crippen LogP contribution is 2.16. The van der Waals surface area contributed by atoms with E-state index in [1.807, 2.05) is 13.8 Å². The normalized spacial score (nSPS) is 12.5. The molecule has 1 aromatic heterocycles. The minimum atomic E-state index is 0.0613. The number of aromatic nitrogens is 1. The van der Waals surface area contributed by atoms with Crippen molar-refractivity contribution in [3.63, 3.8) is 0 Å². The first-order valence-electron chi connectivity index (χ1n) is 5.39. The van der Waals surface area contributed by atoms with Crippen molar-refractivity contribution >= 4 is 17.2 Å². The van der Waals surface area contributed by atoms with E-state index in [-0.39, 0.29) is 11.9 Å². The van der Waals surface area contributed by atoms with Gasteiger partial charge in [0.05, 0.1) is 10.7 Å². The number of nitrogens with one attached hydrogen (secondary N) is 2. The van der Waals surface area contributed by atoms with E-state index in [9.17, 15) is 4.79 Å². The first-order chi connectivity index (χ1) is 7.52. The molecule has 1 rings (SSSR count). The Kier molecular flexibility index (Phi) is 4.89. The fraction of sp³-hybridized carbons (Fsp3) is 0.636. The van der Waals surface area contributed by atoms with E-state index in [0.29, 0.717) is 6.42 Å². The number of hydrogen-bond acceptors (Lipinski definition) is 4. The van der Waals surface area contributed by atoms with E-state index >= 15 is 0 Å². The van der Waals surface area contributed by atoms with Gasteiger partial charge < -0.3 is 10.6 Å². The van der Waals surface area contributed by atoms with Gasteiger partial charge in [0, 0.05) is 30.9 Å². The van der Waals surface area contributed by atoms with Gasteiger partial charge in [-0.3, -0.25) is 4.79 Å². The Morgan fingerprint density at radius 3 is 2.69 bits per heavy atom. The molecule has 1 heterocycles. The van der Waals surface area contributed by atoms with Crippen molar-refractivity contribution in [2.24, 2.45) is 0 Å². The number of nitrogens with zero attached hydrogens (tertiary/aromatic N) is 1. The quantitative estimate of drug-likeness (QED) is 0.818. The Hall–Kier alpha value is -0.940. The monoisotopic (exact) mass is 241 g/mol. The van der Waals surface area contributed by atoms with Crippen molar-refractivity contribution in [2.75, 3.05) is 7.05 Å². The first-order valence-corrected chi connectivity index (χ1v) is 6.21. The van der Waals surface area contributed by atoms with Crippen LogP contribution in [-0.2, 0) is 11.3 Å². The number of amides is 1. The number of thiazole rings is 1. The van der Waals surface area contributed by atoms with Crippen LogP contribution in [0.5, 0.6) is 0 Å². The molecule has 0 aromatic carbocycles. The van der Waals surface area contributed by atoms with Gasteiger partial charge in [0.15, 0.2) is 0 Å². The summed E-state index contributed by atoms with van der Waals surface area (Å²) in [5.41, 5.74) is 1.09. The largest absolute Gasteiger partial charge is 0.359 e. The number of rotatable bonds is 5. The van der Waals surface area contributed by atoms with Crippen molar-refractivity contribution in [3.8, 4) is 0 Å². The van der Waals surface area contributed by atoms with E-state index in [2.05, 4.69) is 22.5 Å². The van der Waals surface area contributed by atoms with Crippen molar-refractivity contribution in [2.45, 2.75) is 39.8 Å². The summed E-state index contributed by atoms with van der Waals surface area (Å²) in [6.07, 6.45) is 0.499. The van der Waals surface area contributed by atoms with Crippen LogP contribution in [0.4, 0.5) is 0 Å². The van der Waals surface area contributed by atoms with Crippen molar-refractivity contribution in [3.05, 3.63) is 15.6 Å². The Morgan fingerprint density at radius 2 is 2.19 bits per heavy atom. The van der Waals surface area contributed by atoms with Crippen LogP contribution in [0.1, 0.15) is 28.9 Å². The Bertz CT molecular complexity index is 362. The van der Waals surface area contributed by atoms with Crippen LogP contribution in [0.25, 0.3) is 0 Å². The Morgan fingerprint density at radius 1 is 1.50 bits per heavy atom. The van der Waals surface area contributed by atoms with Crippen LogP contribution < -0.4 is 10.6 Å². The van der Waals surface area contributed by atoms with Gasteiger partial charge in [-0.05, 0) is 20.8 Å². The van der Waals surface area contributed by atoms with Gasteiger partial charge in [0.2, 0.25) is 5.91 Å². The zero-order valence-corrected chi connectivity index (χ0v) is 11.1. The molecule has 16 heavy (non-hydrogen) atoms. The fourth-order valence-corrected chi connectivity index (χ4v) is 2.29. The molecule has 1 atom stereocenters. The van der Waals surface area contributed by atoms with Crippen molar-refractivity contribution in [1.82, 2.24) is 15.6 Å². The van der Waals surface area contributed by atoms with Gasteiger partial charge >= 0.3 is 0 Å². The zero-order chi connectivity index (χ0) is 12.1. The van der Waals surface area contributed by atoms with Crippen molar-refractivity contribution in [1.29, 1.82) is 0 Å². The topological polar surface area (TPSA) is 54.0 Å². The number of aryl methyl sites for hydroxylation is 2. The lowest BCUT2D eigenvalue weighted by molar-refractivity contribution is -0.121. The molecule has 1 unspecified atom stereocenters. The summed E-state index contributed by atoms with van der Waals surface area (Å²) in [4.78, 5) is 16.8. The van der Waals surface area contributed by atoms with Crippen LogP contribution in [0.2, 0.25) is 0 Å². The Labute approximate surface area is 100 Å². The van der Waals surface area contributed by atoms with Crippen molar-refractivity contribution < 1.29 is 4.79 Å². The number of carbonyl (C=O) groups excluding carboxylic acids is 1. The van der Waals surface area contributed by atoms with Gasteiger partial charge in [-0.15, -0.1) is 11.3 Å². The van der Waals surface area contributed by atoms with Gasteiger partial charge in [-0.1, -0.05) is 0 Å². The average molecular weight is 241 g/mol. The minimum Gasteiger partial charge on any atom is -0.359 e. The van der Waals surface area contributed by atoms with E-state index < -0.39 is 0 Å². The molecular weight excluding hydrogens is 222 g/mol. The molecule has 0 spiro atoms. The zero-order valence-electron chi connectivity index (χ0n) is 10.3. The van der Waals surface area contributed by atoms with Crippen LogP contribution in [0, 0.1) is 13.8 Å². The number of hydrogen-bond donors (Lipinski definition) is 2. The summed E-state index contributed by atoms with van der Waals surface area (Å²) in [6.45, 7) is 6.82. The molecule has 0 fully saturated rings. The van der Waals surface area contributed by atoms with Crippen LogP contribution in [0.15, 0.2) is 0 Å². The minimum absolute atomic E-state index is 0.0613. The molecule has 2 N–H and O–H groups in total. The van der Waals surface area contributed by atoms with Gasteiger partial charge in [0.25, 0.3) is 0 Å². The highest BCUT2D eigenvalue weighted by atomic mass is 32.1. The molecule has 4 nitrogen and oxygen atoms in total. The molecule has 1 amide bonds. The van der Waals surface area contributed by atoms with E-state index in [1.165, 1.54) is 4.88 Å². The molecule has 0 saturated carbocycles. The second-order valence-electron chi connectivity index (χ2n) is 3.90. The Balaban J connectivity index is 2.39. The van der Waals surface area contributed by atoms with Crippen LogP contribution in [0.3, 0.4) is 0 Å². The highest BCUT2D eigenvalue weighted by Gasteiger charge is 2.09. The smallest absolute Gasteiger partial charge is 0.221 e. The van der Waals surface area contributed by atoms with E-state index in [0.717, 1.165) is 17.2 Å². The molecule has 0 aliphatic rings. The second-order valence-corrected chi connectivity index (χ2v) is 5.30. The molecule has 5 heteroatoms. The van der Waals surface area contributed by atoms with Gasteiger partial charge in [0.1, 0.15) is 0 Å². The number of carbonyl (C=O) groups is 1. The summed E-state index contributed by atoms with van der Waals surface area (Å²) in [5, 5.41) is 7.01. The van der Waals surface area contributed by atoms with Crippen LogP contribution >= 0.6 is 11.3 Å². The maximum atomic E-state index is 11.1. The summed E-state index contributed by atoms with van der Waals surface area (Å²) < 4.78 is 0. The molecule has 0 aliphatic carbocycles. The SMILES string of the molecule is CNC(=O)CC(C)NCc1nc(C)sc1C. The summed E-state index contributed by atoms with van der Waals surface area (Å²) in [7, 11) is 1.66. The lowest BCUT2D eigenvalue weighted by Crippen LogP contribution is -2.32. The highest BCUT2D eigenvalue weighted by molar-refractivity contribution is 7.11. The third kappa shape index (κ3) is 3.90. The molecule has 90 valence electrons. The lowest BCUT2D eigenvalue weighted by atomic mass is 10.2. The molecule has 0 aliphatic heterocycles. The summed E-state index contributed by atoms with van der Waals surface area (Å²) >= 11 is 1.71. The third-order valence-electron chi connectivity index (χ3n) is 2.39. The first kappa shape index (κ1) is 13.1. The third-order valence-corrected chi connectivity index (χ3v) is 3.32. The molecular formula is C11H19N3OS. The molecule has 0 saturated heterocycles. The molecule has 1 aromatic rings. The maximum absolute atomic E-state index is 11.1. The summed E-state index contributed by atoms with van der Waals surface area (Å²) in [6, 6.07) is 0.168. The lowest BCUT2D eigenvalue weighted by Gasteiger charge is -2.11. The van der Waals surface area contributed by atoms with E-state index in [1.54, 1.807) is 18.4 Å².